The Hall–Kier alpha value is 1.75. The van der Waals surface area contributed by atoms with Crippen molar-refractivity contribution in [3.05, 3.63) is 0 Å². The quantitative estimate of drug-likeness (QED) is 0.535. The molecule has 0 radical (unpaired) electrons. The van der Waals surface area contributed by atoms with Crippen molar-refractivity contribution in [2.75, 3.05) is 33.2 Å². The van der Waals surface area contributed by atoms with Crippen molar-refractivity contribution < 1.29 is 0 Å². The van der Waals surface area contributed by atoms with Crippen LogP contribution in [0.25, 0.3) is 0 Å². The van der Waals surface area contributed by atoms with Crippen LogP contribution in [0.15, 0.2) is 0 Å². The summed E-state index contributed by atoms with van der Waals surface area (Å²) in [5.74, 6) is 5.60. The topological polar surface area (TPSA) is 0 Å². The molecule has 0 aromatic carbocycles. The average Bonchev–Trinajstić information content (AvgIpc) is 1.96. The van der Waals surface area contributed by atoms with Crippen LogP contribution < -0.4 is 0 Å². The molecule has 0 atom stereocenters. The van der Waals surface area contributed by atoms with Gasteiger partial charge in [0.1, 0.15) is 0 Å². The zero-order valence-corrected chi connectivity index (χ0v) is 11.5. The van der Waals surface area contributed by atoms with E-state index >= 15 is 0 Å². The van der Waals surface area contributed by atoms with Crippen molar-refractivity contribution in [2.24, 2.45) is 0 Å². The van der Waals surface area contributed by atoms with Crippen LogP contribution in [-0.2, 0) is 0 Å². The lowest BCUT2D eigenvalue weighted by Gasteiger charge is -2.25. The third-order valence-corrected chi connectivity index (χ3v) is 9.42. The van der Waals surface area contributed by atoms with E-state index in [-0.39, 0.29) is 0 Å². The highest BCUT2D eigenvalue weighted by molar-refractivity contribution is 8.24. The van der Waals surface area contributed by atoms with E-state index in [0.29, 0.717) is 0 Å². The largest absolute Gasteiger partial charge is 0.160 e. The zero-order chi connectivity index (χ0) is 8.93. The number of hydrogen-bond acceptors (Lipinski definition) is 5. The fourth-order valence-corrected chi connectivity index (χ4v) is 7.69. The first-order chi connectivity index (χ1) is 6.45. The smallest absolute Gasteiger partial charge is 0.0403 e. The van der Waals surface area contributed by atoms with Gasteiger partial charge in [-0.3, -0.25) is 0 Å². The predicted molar refractivity (Wildman–Crippen MR) is 74.7 cm³/mol. The highest BCUT2D eigenvalue weighted by Crippen LogP contribution is 2.34. The normalized spacial score (nSPS) is 24.0. The minimum atomic E-state index is 0.988. The van der Waals surface area contributed by atoms with E-state index in [1.54, 1.807) is 0 Å². The average molecular weight is 271 g/mol. The fourth-order valence-electron chi connectivity index (χ4n) is 0.943. The standard InChI is InChI=1S/C8H14S5/c1-7(2-9-1)12-5-11-6-13-8-3-10-4-8/h7-8H,1-6H2. The van der Waals surface area contributed by atoms with Crippen LogP contribution in [0.1, 0.15) is 0 Å². The molecule has 2 aliphatic heterocycles. The van der Waals surface area contributed by atoms with E-state index in [4.69, 9.17) is 0 Å². The summed E-state index contributed by atoms with van der Waals surface area (Å²) in [6.45, 7) is 0. The second-order valence-corrected chi connectivity index (χ2v) is 9.54. The number of thioether (sulfide) groups is 5. The Bertz CT molecular complexity index is 127. The predicted octanol–water partition coefficient (Wildman–Crippen LogP) is 3.33. The molecule has 0 spiro atoms. The Morgan fingerprint density at radius 2 is 1.31 bits per heavy atom. The van der Waals surface area contributed by atoms with Gasteiger partial charge in [0.05, 0.1) is 0 Å². The van der Waals surface area contributed by atoms with Crippen LogP contribution >= 0.6 is 58.8 Å². The Morgan fingerprint density at radius 1 is 0.846 bits per heavy atom. The summed E-state index contributed by atoms with van der Waals surface area (Å²) in [5, 5.41) is 4.61. The molecule has 0 N–H and O–H groups in total. The molecule has 5 heteroatoms. The van der Waals surface area contributed by atoms with Crippen molar-refractivity contribution in [3.8, 4) is 0 Å². The maximum Gasteiger partial charge on any atom is 0.0403 e. The Labute approximate surface area is 102 Å². The number of rotatable bonds is 6. The molecule has 0 aliphatic carbocycles. The molecule has 0 unspecified atom stereocenters. The van der Waals surface area contributed by atoms with Crippen LogP contribution in [0, 0.1) is 0 Å². The molecule has 0 aromatic rings. The fraction of sp³-hybridized carbons (Fsp3) is 1.00. The van der Waals surface area contributed by atoms with Crippen molar-refractivity contribution in [1.29, 1.82) is 0 Å². The van der Waals surface area contributed by atoms with Crippen LogP contribution in [-0.4, -0.2) is 43.7 Å². The SMILES string of the molecule is C(SCSC1CSC1)SC1CSC1. The van der Waals surface area contributed by atoms with Gasteiger partial charge in [-0.15, -0.1) is 35.3 Å². The summed E-state index contributed by atoms with van der Waals surface area (Å²) in [6, 6.07) is 0. The molecule has 0 bridgehead atoms. The molecule has 0 nitrogen and oxygen atoms in total. The van der Waals surface area contributed by atoms with Crippen LogP contribution in [0.2, 0.25) is 0 Å². The minimum Gasteiger partial charge on any atom is -0.160 e. The van der Waals surface area contributed by atoms with Crippen molar-refractivity contribution >= 4 is 58.8 Å². The van der Waals surface area contributed by atoms with Crippen LogP contribution in [0.5, 0.6) is 0 Å². The van der Waals surface area contributed by atoms with Gasteiger partial charge in [0.15, 0.2) is 0 Å². The van der Waals surface area contributed by atoms with Crippen molar-refractivity contribution in [2.45, 2.75) is 10.5 Å². The Balaban J connectivity index is 1.36. The van der Waals surface area contributed by atoms with E-state index in [1.807, 2.05) is 0 Å². The molecule has 0 amide bonds. The molecule has 0 aromatic heterocycles. The Morgan fingerprint density at radius 3 is 1.62 bits per heavy atom. The van der Waals surface area contributed by atoms with Crippen molar-refractivity contribution in [1.82, 2.24) is 0 Å². The lowest BCUT2D eigenvalue weighted by atomic mass is 10.5. The highest BCUT2D eigenvalue weighted by Gasteiger charge is 2.19. The third kappa shape index (κ3) is 4.01. The summed E-state index contributed by atoms with van der Waals surface area (Å²) < 4.78 is 0. The second-order valence-electron chi connectivity index (χ2n) is 3.09. The lowest BCUT2D eigenvalue weighted by Crippen LogP contribution is -2.21. The first kappa shape index (κ1) is 11.2. The first-order valence-electron chi connectivity index (χ1n) is 4.41. The summed E-state index contributed by atoms with van der Waals surface area (Å²) in [6.07, 6.45) is 0. The summed E-state index contributed by atoms with van der Waals surface area (Å²) in [5.41, 5.74) is 0. The summed E-state index contributed by atoms with van der Waals surface area (Å²) in [4.78, 5) is 0. The molecule has 13 heavy (non-hydrogen) atoms. The molecule has 2 saturated heterocycles. The van der Waals surface area contributed by atoms with Gasteiger partial charge in [-0.1, -0.05) is 0 Å². The second kappa shape index (κ2) is 6.36. The van der Waals surface area contributed by atoms with Gasteiger partial charge in [0.2, 0.25) is 0 Å². The minimum absolute atomic E-state index is 0.988. The van der Waals surface area contributed by atoms with E-state index < -0.39 is 0 Å². The van der Waals surface area contributed by atoms with E-state index in [2.05, 4.69) is 58.8 Å². The zero-order valence-electron chi connectivity index (χ0n) is 7.44. The molecule has 2 aliphatic rings. The van der Waals surface area contributed by atoms with Gasteiger partial charge in [-0.05, 0) is 0 Å². The summed E-state index contributed by atoms with van der Waals surface area (Å²) in [7, 11) is 0. The van der Waals surface area contributed by atoms with Gasteiger partial charge >= 0.3 is 0 Å². The third-order valence-electron chi connectivity index (χ3n) is 1.99. The van der Waals surface area contributed by atoms with Gasteiger partial charge in [0, 0.05) is 43.7 Å². The Kier molecular flexibility index (Phi) is 5.50. The highest BCUT2D eigenvalue weighted by atomic mass is 32.2. The molecule has 2 fully saturated rings. The maximum absolute atomic E-state index is 2.16. The van der Waals surface area contributed by atoms with E-state index in [0.717, 1.165) is 10.5 Å². The molecular formula is C8H14S5. The maximum atomic E-state index is 2.16. The molecule has 2 heterocycles. The summed E-state index contributed by atoms with van der Waals surface area (Å²) >= 11 is 10.6. The van der Waals surface area contributed by atoms with E-state index in [9.17, 15) is 0 Å². The first-order valence-corrected chi connectivity index (χ1v) is 9.98. The molecule has 2 rings (SSSR count). The van der Waals surface area contributed by atoms with Crippen molar-refractivity contribution in [3.63, 3.8) is 0 Å². The van der Waals surface area contributed by atoms with Gasteiger partial charge in [-0.2, -0.15) is 23.5 Å². The van der Waals surface area contributed by atoms with Crippen LogP contribution in [0.3, 0.4) is 0 Å². The van der Waals surface area contributed by atoms with Crippen LogP contribution in [0.4, 0.5) is 0 Å². The van der Waals surface area contributed by atoms with Gasteiger partial charge < -0.3 is 0 Å². The van der Waals surface area contributed by atoms with Gasteiger partial charge in [-0.25, -0.2) is 0 Å². The molecule has 0 saturated carbocycles. The lowest BCUT2D eigenvalue weighted by molar-refractivity contribution is 1.09. The number of hydrogen-bond donors (Lipinski definition) is 0. The monoisotopic (exact) mass is 270 g/mol. The molecular weight excluding hydrogens is 256 g/mol. The van der Waals surface area contributed by atoms with Gasteiger partial charge in [0.25, 0.3) is 0 Å². The van der Waals surface area contributed by atoms with E-state index in [1.165, 1.54) is 33.2 Å². The molecule has 76 valence electrons.